The van der Waals surface area contributed by atoms with Gasteiger partial charge in [0.05, 0.1) is 5.69 Å². The fourth-order valence-corrected chi connectivity index (χ4v) is 8.20. The van der Waals surface area contributed by atoms with Crippen molar-refractivity contribution in [1.82, 2.24) is 0 Å². The molecule has 0 aliphatic rings. The Labute approximate surface area is 322 Å². The van der Waals surface area contributed by atoms with Crippen LogP contribution in [0.4, 0.5) is 17.1 Å². The molecule has 0 radical (unpaired) electrons. The molecule has 0 aliphatic heterocycles. The first-order valence-electron chi connectivity index (χ1n) is 18.9. The summed E-state index contributed by atoms with van der Waals surface area (Å²) in [5.74, 6) is 0. The lowest BCUT2D eigenvalue weighted by Crippen LogP contribution is -2.12. The van der Waals surface area contributed by atoms with Crippen LogP contribution in [-0.2, 0) is 0 Å². The molecular weight excluding hydrogens is 663 g/mol. The Balaban J connectivity index is 1.19. The molecule has 0 heterocycles. The third kappa shape index (κ3) is 6.02. The molecule has 0 aliphatic carbocycles. The van der Waals surface area contributed by atoms with Gasteiger partial charge in [-0.25, -0.2) is 0 Å². The number of hydrogen-bond donors (Lipinski definition) is 0. The minimum Gasteiger partial charge on any atom is -0.310 e. The SMILES string of the molecule is c1ccc(-c2cccc(N(c3ccc(-c4ccc5ccccc5c4)cc3)c3cccc(-c4cc5ccccc5c5ccccc45)c3)c2-c2ccccc2)cc1. The fourth-order valence-electron chi connectivity index (χ4n) is 8.20. The van der Waals surface area contributed by atoms with Crippen LogP contribution in [0.5, 0.6) is 0 Å². The molecule has 1 nitrogen and oxygen atoms in total. The quantitative estimate of drug-likeness (QED) is 0.150. The number of rotatable bonds is 7. The van der Waals surface area contributed by atoms with Gasteiger partial charge in [-0.3, -0.25) is 0 Å². The van der Waals surface area contributed by atoms with Gasteiger partial charge in [0, 0.05) is 16.9 Å². The number of hydrogen-bond acceptors (Lipinski definition) is 1. The number of benzene rings is 10. The monoisotopic (exact) mass is 699 g/mol. The highest BCUT2D eigenvalue weighted by molar-refractivity contribution is 6.14. The van der Waals surface area contributed by atoms with Crippen LogP contribution in [-0.4, -0.2) is 0 Å². The zero-order valence-electron chi connectivity index (χ0n) is 30.3. The van der Waals surface area contributed by atoms with Gasteiger partial charge in [0.25, 0.3) is 0 Å². The van der Waals surface area contributed by atoms with Crippen molar-refractivity contribution in [2.24, 2.45) is 0 Å². The molecule has 0 atom stereocenters. The summed E-state index contributed by atoms with van der Waals surface area (Å²) in [7, 11) is 0. The van der Waals surface area contributed by atoms with E-state index in [9.17, 15) is 0 Å². The minimum absolute atomic E-state index is 1.09. The topological polar surface area (TPSA) is 3.24 Å². The third-order valence-electron chi connectivity index (χ3n) is 10.8. The highest BCUT2D eigenvalue weighted by Gasteiger charge is 2.21. The molecule has 258 valence electrons. The summed E-state index contributed by atoms with van der Waals surface area (Å²) in [5, 5.41) is 7.53. The lowest BCUT2D eigenvalue weighted by atomic mass is 9.91. The molecule has 1 heteroatoms. The van der Waals surface area contributed by atoms with Crippen LogP contribution in [0.2, 0.25) is 0 Å². The summed E-state index contributed by atoms with van der Waals surface area (Å²) in [4.78, 5) is 2.44. The maximum atomic E-state index is 2.44. The average Bonchev–Trinajstić information content (AvgIpc) is 3.27. The Hall–Kier alpha value is -7.22. The van der Waals surface area contributed by atoms with Gasteiger partial charge in [0.15, 0.2) is 0 Å². The zero-order valence-corrected chi connectivity index (χ0v) is 30.3. The van der Waals surface area contributed by atoms with Crippen molar-refractivity contribution in [2.45, 2.75) is 0 Å². The maximum Gasteiger partial charge on any atom is 0.0546 e. The van der Waals surface area contributed by atoms with Crippen molar-refractivity contribution in [1.29, 1.82) is 0 Å². The molecule has 55 heavy (non-hydrogen) atoms. The summed E-state index contributed by atoms with van der Waals surface area (Å²) in [5.41, 5.74) is 12.8. The molecule has 0 unspecified atom stereocenters. The Morgan fingerprint density at radius 1 is 0.255 bits per heavy atom. The van der Waals surface area contributed by atoms with E-state index in [1.165, 1.54) is 76.8 Å². The molecule has 0 aromatic heterocycles. The highest BCUT2D eigenvalue weighted by Crippen LogP contribution is 2.47. The van der Waals surface area contributed by atoms with Gasteiger partial charge in [-0.2, -0.15) is 0 Å². The van der Waals surface area contributed by atoms with E-state index in [1.54, 1.807) is 0 Å². The Kier molecular flexibility index (Phi) is 8.24. The van der Waals surface area contributed by atoms with Gasteiger partial charge >= 0.3 is 0 Å². The molecule has 0 N–H and O–H groups in total. The van der Waals surface area contributed by atoms with Crippen molar-refractivity contribution in [3.8, 4) is 44.5 Å². The van der Waals surface area contributed by atoms with Crippen molar-refractivity contribution in [3.05, 3.63) is 224 Å². The largest absolute Gasteiger partial charge is 0.310 e. The average molecular weight is 700 g/mol. The first-order chi connectivity index (χ1) is 27.3. The summed E-state index contributed by atoms with van der Waals surface area (Å²) in [6.45, 7) is 0. The lowest BCUT2D eigenvalue weighted by Gasteiger charge is -2.30. The first-order valence-corrected chi connectivity index (χ1v) is 18.9. The van der Waals surface area contributed by atoms with Gasteiger partial charge in [0.1, 0.15) is 0 Å². The summed E-state index contributed by atoms with van der Waals surface area (Å²) >= 11 is 0. The van der Waals surface area contributed by atoms with Crippen molar-refractivity contribution < 1.29 is 0 Å². The van der Waals surface area contributed by atoms with Crippen LogP contribution in [0.1, 0.15) is 0 Å². The molecule has 0 spiro atoms. The molecular formula is C54H37N. The lowest BCUT2D eigenvalue weighted by molar-refractivity contribution is 1.28. The molecule has 0 saturated heterocycles. The summed E-state index contributed by atoms with van der Waals surface area (Å²) in [6, 6.07) is 81.5. The van der Waals surface area contributed by atoms with Crippen molar-refractivity contribution in [3.63, 3.8) is 0 Å². The maximum absolute atomic E-state index is 2.44. The van der Waals surface area contributed by atoms with E-state index in [4.69, 9.17) is 0 Å². The number of nitrogens with zero attached hydrogens (tertiary/aromatic N) is 1. The van der Waals surface area contributed by atoms with E-state index in [1.807, 2.05) is 0 Å². The predicted octanol–water partition coefficient (Wildman–Crippen LogP) is 15.3. The molecule has 0 fully saturated rings. The second-order valence-electron chi connectivity index (χ2n) is 14.1. The molecule has 0 amide bonds. The van der Waals surface area contributed by atoms with Crippen LogP contribution >= 0.6 is 0 Å². The van der Waals surface area contributed by atoms with Gasteiger partial charge in [-0.05, 0) is 114 Å². The molecule has 10 aromatic rings. The van der Waals surface area contributed by atoms with E-state index in [-0.39, 0.29) is 0 Å². The predicted molar refractivity (Wildman–Crippen MR) is 235 cm³/mol. The molecule has 0 bridgehead atoms. The first kappa shape index (κ1) is 32.4. The smallest absolute Gasteiger partial charge is 0.0546 e. The Bertz CT molecular complexity index is 2960. The van der Waals surface area contributed by atoms with Crippen LogP contribution in [0.25, 0.3) is 76.8 Å². The summed E-state index contributed by atoms with van der Waals surface area (Å²) < 4.78 is 0. The van der Waals surface area contributed by atoms with E-state index in [2.05, 4.69) is 229 Å². The second-order valence-corrected chi connectivity index (χ2v) is 14.1. The fraction of sp³-hybridized carbons (Fsp3) is 0. The van der Waals surface area contributed by atoms with E-state index < -0.39 is 0 Å². The van der Waals surface area contributed by atoms with E-state index >= 15 is 0 Å². The van der Waals surface area contributed by atoms with E-state index in [0.717, 1.165) is 17.1 Å². The van der Waals surface area contributed by atoms with Crippen LogP contribution in [0, 0.1) is 0 Å². The van der Waals surface area contributed by atoms with Crippen LogP contribution in [0.15, 0.2) is 224 Å². The zero-order chi connectivity index (χ0) is 36.6. The number of anilines is 3. The van der Waals surface area contributed by atoms with Gasteiger partial charge in [0.2, 0.25) is 0 Å². The van der Waals surface area contributed by atoms with E-state index in [0.29, 0.717) is 0 Å². The molecule has 10 aromatic carbocycles. The Morgan fingerprint density at radius 3 is 1.64 bits per heavy atom. The highest BCUT2D eigenvalue weighted by atomic mass is 15.1. The van der Waals surface area contributed by atoms with Gasteiger partial charge < -0.3 is 4.90 Å². The normalized spacial score (nSPS) is 11.3. The minimum atomic E-state index is 1.09. The second kappa shape index (κ2) is 14.0. The Morgan fingerprint density at radius 2 is 0.855 bits per heavy atom. The van der Waals surface area contributed by atoms with Crippen LogP contribution < -0.4 is 4.90 Å². The molecule has 10 rings (SSSR count). The third-order valence-corrected chi connectivity index (χ3v) is 10.8. The summed E-state index contributed by atoms with van der Waals surface area (Å²) in [6.07, 6.45) is 0. The standard InChI is InChI=1S/C54H37N/c1-3-16-40(17-4-1)49-27-14-28-53(54(49)41-18-5-2-6-19-41)55(46-33-31-39(32-34-46)43-30-29-38-15-7-8-20-42(38)35-43)47-23-13-22-44(36-47)52-37-45-21-9-10-24-48(45)50-25-11-12-26-51(50)52/h1-37H. The van der Waals surface area contributed by atoms with Crippen molar-refractivity contribution >= 4 is 49.4 Å². The van der Waals surface area contributed by atoms with Crippen molar-refractivity contribution in [2.75, 3.05) is 4.90 Å². The number of fused-ring (bicyclic) bond motifs is 4. The van der Waals surface area contributed by atoms with Gasteiger partial charge in [-0.15, -0.1) is 0 Å². The van der Waals surface area contributed by atoms with Crippen LogP contribution in [0.3, 0.4) is 0 Å². The molecule has 0 saturated carbocycles. The van der Waals surface area contributed by atoms with Gasteiger partial charge in [-0.1, -0.05) is 182 Å².